The molecule has 0 spiro atoms. The maximum atomic E-state index is 12.8. The molecule has 0 saturated carbocycles. The van der Waals surface area contributed by atoms with Crippen LogP contribution >= 0.6 is 50.3 Å². The molecule has 1 saturated heterocycles. The van der Waals surface area contributed by atoms with Crippen molar-refractivity contribution in [1.82, 2.24) is 4.90 Å². The van der Waals surface area contributed by atoms with Gasteiger partial charge in [0.2, 0.25) is 0 Å². The first-order chi connectivity index (χ1) is 14.7. The normalized spacial score (nSPS) is 14.9. The number of carbonyl (C=O) groups excluding carboxylic acids is 3. The zero-order valence-corrected chi connectivity index (χ0v) is 19.9. The van der Waals surface area contributed by atoms with Crippen LogP contribution in [0.5, 0.6) is 5.75 Å². The number of aliphatic carboxylic acids is 1. The number of non-ortho nitro benzene ring substituents is 1. The third-order valence-corrected chi connectivity index (χ3v) is 6.11. The summed E-state index contributed by atoms with van der Waals surface area (Å²) in [5.74, 6) is -1.79. The third-order valence-electron chi connectivity index (χ3n) is 3.99. The van der Waals surface area contributed by atoms with Crippen molar-refractivity contribution in [3.05, 3.63) is 70.6 Å². The number of benzene rings is 2. The van der Waals surface area contributed by atoms with Crippen molar-refractivity contribution in [3.63, 3.8) is 0 Å². The standard InChI is InChI=1S/C19H12BrIN2O7S/c20-14-7-12(21)5-11(17(14)30-9-16(24)25)6-15-18(26)22(19(27)31-15)8-10-2-1-3-13(4-10)23(28)29/h1-7H,8-9H2,(H,24,25)/p-1/b15-6+. The van der Waals surface area contributed by atoms with Gasteiger partial charge in [-0.1, -0.05) is 12.1 Å². The average molecular weight is 618 g/mol. The van der Waals surface area contributed by atoms with Crippen molar-refractivity contribution in [2.45, 2.75) is 6.54 Å². The fourth-order valence-corrected chi connectivity index (χ4v) is 5.19. The van der Waals surface area contributed by atoms with Crippen molar-refractivity contribution in [1.29, 1.82) is 0 Å². The first-order valence-corrected chi connectivity index (χ1v) is 11.1. The van der Waals surface area contributed by atoms with E-state index >= 15 is 0 Å². The Hall–Kier alpha value is -2.45. The monoisotopic (exact) mass is 617 g/mol. The summed E-state index contributed by atoms with van der Waals surface area (Å²) in [6.07, 6.45) is 1.44. The number of thioether (sulfide) groups is 1. The maximum Gasteiger partial charge on any atom is 0.293 e. The van der Waals surface area contributed by atoms with Gasteiger partial charge >= 0.3 is 0 Å². The van der Waals surface area contributed by atoms with Crippen LogP contribution in [-0.4, -0.2) is 33.5 Å². The maximum absolute atomic E-state index is 12.8. The molecule has 1 aliphatic heterocycles. The second kappa shape index (κ2) is 9.78. The lowest BCUT2D eigenvalue weighted by Crippen LogP contribution is -2.29. The lowest BCUT2D eigenvalue weighted by Gasteiger charge is -2.13. The zero-order chi connectivity index (χ0) is 22.7. The molecular formula is C19H11BrIN2O7S-. The topological polar surface area (TPSA) is 130 Å². The summed E-state index contributed by atoms with van der Waals surface area (Å²) in [6, 6.07) is 9.06. The van der Waals surface area contributed by atoms with Gasteiger partial charge in [-0.2, -0.15) is 0 Å². The molecule has 0 aliphatic carbocycles. The smallest absolute Gasteiger partial charge is 0.293 e. The molecule has 2 amide bonds. The number of rotatable bonds is 7. The van der Waals surface area contributed by atoms with Gasteiger partial charge in [-0.05, 0) is 74.1 Å². The molecule has 1 heterocycles. The number of nitro groups is 1. The van der Waals surface area contributed by atoms with Crippen LogP contribution in [0.4, 0.5) is 10.5 Å². The predicted octanol–water partition coefficient (Wildman–Crippen LogP) is 3.33. The highest BCUT2D eigenvalue weighted by Crippen LogP contribution is 2.38. The van der Waals surface area contributed by atoms with E-state index in [-0.39, 0.29) is 22.9 Å². The van der Waals surface area contributed by atoms with Crippen LogP contribution in [-0.2, 0) is 16.1 Å². The quantitative estimate of drug-likeness (QED) is 0.200. The van der Waals surface area contributed by atoms with Crippen molar-refractivity contribution in [2.24, 2.45) is 0 Å². The van der Waals surface area contributed by atoms with Crippen molar-refractivity contribution < 1.29 is 29.2 Å². The SMILES string of the molecule is O=C([O-])COc1c(Br)cc(I)cc1/C=C1/SC(=O)N(Cc2cccc([N+](=O)[O-])c2)C1=O. The number of nitrogens with zero attached hydrogens (tertiary/aromatic N) is 2. The largest absolute Gasteiger partial charge is 0.546 e. The number of carboxylic acid groups (broad SMARTS) is 1. The molecule has 1 fully saturated rings. The number of hydrogen-bond acceptors (Lipinski definition) is 8. The van der Waals surface area contributed by atoms with Gasteiger partial charge < -0.3 is 14.6 Å². The molecule has 0 atom stereocenters. The van der Waals surface area contributed by atoms with Crippen molar-refractivity contribution >= 4 is 79.2 Å². The van der Waals surface area contributed by atoms with Gasteiger partial charge in [-0.3, -0.25) is 24.6 Å². The summed E-state index contributed by atoms with van der Waals surface area (Å²) in [7, 11) is 0. The van der Waals surface area contributed by atoms with E-state index in [1.54, 1.807) is 18.2 Å². The number of carbonyl (C=O) groups is 3. The summed E-state index contributed by atoms with van der Waals surface area (Å²) in [5, 5.41) is 21.2. The number of hydrogen-bond donors (Lipinski definition) is 0. The van der Waals surface area contributed by atoms with Gasteiger partial charge in [0.15, 0.2) is 0 Å². The molecule has 0 aromatic heterocycles. The lowest BCUT2D eigenvalue weighted by atomic mass is 10.1. The number of carboxylic acids is 1. The van der Waals surface area contributed by atoms with Crippen LogP contribution in [0.3, 0.4) is 0 Å². The highest BCUT2D eigenvalue weighted by molar-refractivity contribution is 14.1. The van der Waals surface area contributed by atoms with Crippen LogP contribution in [0.2, 0.25) is 0 Å². The number of amides is 2. The molecule has 0 unspecified atom stereocenters. The minimum atomic E-state index is -1.41. The highest BCUT2D eigenvalue weighted by atomic mass is 127. The molecule has 160 valence electrons. The lowest BCUT2D eigenvalue weighted by molar-refractivity contribution is -0.384. The molecule has 2 aromatic carbocycles. The van der Waals surface area contributed by atoms with Crippen LogP contribution in [0.15, 0.2) is 45.8 Å². The molecule has 9 nitrogen and oxygen atoms in total. The van der Waals surface area contributed by atoms with E-state index in [4.69, 9.17) is 4.74 Å². The van der Waals surface area contributed by atoms with Crippen LogP contribution < -0.4 is 9.84 Å². The summed E-state index contributed by atoms with van der Waals surface area (Å²) in [6.45, 7) is -0.804. The first-order valence-electron chi connectivity index (χ1n) is 8.46. The van der Waals surface area contributed by atoms with E-state index in [1.165, 1.54) is 24.3 Å². The Morgan fingerprint density at radius 1 is 1.29 bits per heavy atom. The van der Waals surface area contributed by atoms with Crippen LogP contribution in [0.1, 0.15) is 11.1 Å². The molecular weight excluding hydrogens is 607 g/mol. The second-order valence-corrected chi connectivity index (χ2v) is 9.25. The van der Waals surface area contributed by atoms with E-state index in [0.717, 1.165) is 8.47 Å². The van der Waals surface area contributed by atoms with Crippen molar-refractivity contribution in [2.75, 3.05) is 6.61 Å². The van der Waals surface area contributed by atoms with E-state index in [1.807, 2.05) is 22.6 Å². The molecule has 0 bridgehead atoms. The van der Waals surface area contributed by atoms with Gasteiger partial charge in [0, 0.05) is 21.3 Å². The molecule has 31 heavy (non-hydrogen) atoms. The van der Waals surface area contributed by atoms with E-state index in [0.29, 0.717) is 27.4 Å². The Morgan fingerprint density at radius 2 is 2.03 bits per heavy atom. The Balaban J connectivity index is 1.89. The van der Waals surface area contributed by atoms with Gasteiger partial charge in [0.1, 0.15) is 12.4 Å². The Labute approximate surface area is 201 Å². The summed E-state index contributed by atoms with van der Waals surface area (Å²) >= 11 is 6.06. The number of nitro benzene ring substituents is 1. The zero-order valence-electron chi connectivity index (χ0n) is 15.4. The second-order valence-electron chi connectivity index (χ2n) is 6.16. The fraction of sp³-hybridized carbons (Fsp3) is 0.105. The first kappa shape index (κ1) is 23.2. The van der Waals surface area contributed by atoms with E-state index in [9.17, 15) is 29.6 Å². The molecule has 0 N–H and O–H groups in total. The van der Waals surface area contributed by atoms with Crippen molar-refractivity contribution in [3.8, 4) is 5.75 Å². The van der Waals surface area contributed by atoms with Crippen LogP contribution in [0.25, 0.3) is 6.08 Å². The Kier molecular flexibility index (Phi) is 7.33. The summed E-state index contributed by atoms with van der Waals surface area (Å²) in [4.78, 5) is 47.5. The number of halogens is 2. The molecule has 1 aliphatic rings. The fourth-order valence-electron chi connectivity index (χ4n) is 2.70. The van der Waals surface area contributed by atoms with E-state index in [2.05, 4.69) is 15.9 Å². The van der Waals surface area contributed by atoms with Gasteiger partial charge in [-0.25, -0.2) is 0 Å². The van der Waals surface area contributed by atoms with Gasteiger partial charge in [0.05, 0.1) is 26.8 Å². The van der Waals surface area contributed by atoms with Crippen LogP contribution in [0, 0.1) is 13.7 Å². The Bertz CT molecular complexity index is 1140. The molecule has 3 rings (SSSR count). The van der Waals surface area contributed by atoms with E-state index < -0.39 is 28.6 Å². The average Bonchev–Trinajstić information content (AvgIpc) is 2.94. The summed E-state index contributed by atoms with van der Waals surface area (Å²) in [5.41, 5.74) is 0.701. The minimum absolute atomic E-state index is 0.114. The molecule has 2 aromatic rings. The summed E-state index contributed by atoms with van der Waals surface area (Å²) < 4.78 is 6.53. The Morgan fingerprint density at radius 3 is 2.71 bits per heavy atom. The number of imide groups is 1. The predicted molar refractivity (Wildman–Crippen MR) is 122 cm³/mol. The number of ether oxygens (including phenoxy) is 1. The molecule has 12 heteroatoms. The molecule has 0 radical (unpaired) electrons. The van der Waals surface area contributed by atoms with Gasteiger partial charge in [-0.15, -0.1) is 0 Å². The minimum Gasteiger partial charge on any atom is -0.546 e. The highest BCUT2D eigenvalue weighted by Gasteiger charge is 2.35. The third kappa shape index (κ3) is 5.62. The van der Waals surface area contributed by atoms with Gasteiger partial charge in [0.25, 0.3) is 16.8 Å².